The first kappa shape index (κ1) is 7.35. The number of hydrogen-bond acceptors (Lipinski definition) is 2. The highest BCUT2D eigenvalue weighted by molar-refractivity contribution is 5.82. The summed E-state index contributed by atoms with van der Waals surface area (Å²) in [5.41, 5.74) is 3.38. The van der Waals surface area contributed by atoms with Crippen LogP contribution in [0.3, 0.4) is 0 Å². The third kappa shape index (κ3) is 0.916. The second kappa shape index (κ2) is 2.63. The number of hydrogen-bond donors (Lipinski definition) is 0. The molecule has 2 heteroatoms. The second-order valence-electron chi connectivity index (χ2n) is 2.96. The summed E-state index contributed by atoms with van der Waals surface area (Å²) in [6.45, 7) is 4.17. The lowest BCUT2D eigenvalue weighted by Gasteiger charge is -1.98. The first-order chi connectivity index (χ1) is 5.83. The second-order valence-corrected chi connectivity index (χ2v) is 2.96. The van der Waals surface area contributed by atoms with Crippen LogP contribution in [0.1, 0.15) is 18.1 Å². The standard InChI is InChI=1S/C10H11NO/c1-3-8-5-4-7(2)10-9(8)6-11-12-10/h4-6H,3H2,1-2H3. The molecule has 62 valence electrons. The lowest BCUT2D eigenvalue weighted by atomic mass is 10.1. The maximum atomic E-state index is 5.14. The Morgan fingerprint density at radius 1 is 1.42 bits per heavy atom. The molecular formula is C10H11NO. The Morgan fingerprint density at radius 2 is 2.25 bits per heavy atom. The van der Waals surface area contributed by atoms with Gasteiger partial charge in [0.25, 0.3) is 0 Å². The van der Waals surface area contributed by atoms with E-state index in [4.69, 9.17) is 4.52 Å². The van der Waals surface area contributed by atoms with Crippen molar-refractivity contribution in [2.75, 3.05) is 0 Å². The Morgan fingerprint density at radius 3 is 3.00 bits per heavy atom. The summed E-state index contributed by atoms with van der Waals surface area (Å²) in [4.78, 5) is 0. The highest BCUT2D eigenvalue weighted by Gasteiger charge is 2.05. The Balaban J connectivity index is 2.82. The summed E-state index contributed by atoms with van der Waals surface area (Å²) >= 11 is 0. The van der Waals surface area contributed by atoms with E-state index in [2.05, 4.69) is 24.2 Å². The fraction of sp³-hybridized carbons (Fsp3) is 0.300. The topological polar surface area (TPSA) is 26.0 Å². The largest absolute Gasteiger partial charge is 0.356 e. The predicted molar refractivity (Wildman–Crippen MR) is 48.1 cm³/mol. The minimum atomic E-state index is 0.925. The van der Waals surface area contributed by atoms with Crippen LogP contribution in [0.5, 0.6) is 0 Å². The van der Waals surface area contributed by atoms with E-state index in [1.807, 2.05) is 6.92 Å². The molecule has 12 heavy (non-hydrogen) atoms. The molecule has 0 radical (unpaired) electrons. The van der Waals surface area contributed by atoms with Gasteiger partial charge in [-0.15, -0.1) is 0 Å². The number of aryl methyl sites for hydroxylation is 2. The van der Waals surface area contributed by atoms with Gasteiger partial charge in [-0.05, 0) is 24.5 Å². The first-order valence-electron chi connectivity index (χ1n) is 4.15. The summed E-state index contributed by atoms with van der Waals surface area (Å²) < 4.78 is 5.14. The zero-order valence-electron chi connectivity index (χ0n) is 7.29. The van der Waals surface area contributed by atoms with Gasteiger partial charge in [0.2, 0.25) is 0 Å². The Labute approximate surface area is 71.2 Å². The normalized spacial score (nSPS) is 10.8. The van der Waals surface area contributed by atoms with Crippen molar-refractivity contribution in [1.29, 1.82) is 0 Å². The van der Waals surface area contributed by atoms with Crippen LogP contribution < -0.4 is 0 Å². The molecular weight excluding hydrogens is 150 g/mol. The van der Waals surface area contributed by atoms with Crippen LogP contribution in [-0.4, -0.2) is 5.16 Å². The maximum absolute atomic E-state index is 5.14. The molecule has 0 spiro atoms. The molecule has 0 fully saturated rings. The van der Waals surface area contributed by atoms with Crippen LogP contribution in [0.25, 0.3) is 11.0 Å². The number of fused-ring (bicyclic) bond motifs is 1. The fourth-order valence-corrected chi connectivity index (χ4v) is 1.45. The van der Waals surface area contributed by atoms with E-state index in [9.17, 15) is 0 Å². The predicted octanol–water partition coefficient (Wildman–Crippen LogP) is 2.70. The van der Waals surface area contributed by atoms with Gasteiger partial charge in [0.05, 0.1) is 6.20 Å². The molecule has 1 heterocycles. The molecule has 0 aliphatic rings. The van der Waals surface area contributed by atoms with Gasteiger partial charge in [-0.1, -0.05) is 24.2 Å². The van der Waals surface area contributed by atoms with E-state index in [0.717, 1.165) is 23.0 Å². The molecule has 0 aliphatic carbocycles. The van der Waals surface area contributed by atoms with Crippen molar-refractivity contribution in [3.8, 4) is 0 Å². The minimum Gasteiger partial charge on any atom is -0.356 e. The number of rotatable bonds is 1. The average Bonchev–Trinajstić information content (AvgIpc) is 2.54. The van der Waals surface area contributed by atoms with Gasteiger partial charge >= 0.3 is 0 Å². The SMILES string of the molecule is CCc1ccc(C)c2oncc12. The zero-order chi connectivity index (χ0) is 8.55. The van der Waals surface area contributed by atoms with E-state index >= 15 is 0 Å². The molecule has 0 aliphatic heterocycles. The Hall–Kier alpha value is -1.31. The Bertz CT molecular complexity index is 403. The monoisotopic (exact) mass is 161 g/mol. The quantitative estimate of drug-likeness (QED) is 0.642. The maximum Gasteiger partial charge on any atom is 0.170 e. The summed E-state index contributed by atoms with van der Waals surface area (Å²) in [5, 5.41) is 4.95. The Kier molecular flexibility index (Phi) is 1.61. The number of nitrogens with zero attached hydrogens (tertiary/aromatic N) is 1. The van der Waals surface area contributed by atoms with Crippen LogP contribution in [0.4, 0.5) is 0 Å². The highest BCUT2D eigenvalue weighted by Crippen LogP contribution is 2.21. The van der Waals surface area contributed by atoms with Crippen molar-refractivity contribution in [2.24, 2.45) is 0 Å². The van der Waals surface area contributed by atoms with E-state index in [1.165, 1.54) is 5.56 Å². The number of aromatic nitrogens is 1. The molecule has 0 N–H and O–H groups in total. The molecule has 0 saturated carbocycles. The van der Waals surface area contributed by atoms with Crippen molar-refractivity contribution >= 4 is 11.0 Å². The summed E-state index contributed by atoms with van der Waals surface area (Å²) in [6.07, 6.45) is 2.82. The molecule has 0 bridgehead atoms. The van der Waals surface area contributed by atoms with Crippen molar-refractivity contribution in [3.05, 3.63) is 29.5 Å². The molecule has 0 atom stereocenters. The average molecular weight is 161 g/mol. The summed E-state index contributed by atoms with van der Waals surface area (Å²) in [6, 6.07) is 4.21. The summed E-state index contributed by atoms with van der Waals surface area (Å²) in [7, 11) is 0. The van der Waals surface area contributed by atoms with Crippen molar-refractivity contribution in [1.82, 2.24) is 5.16 Å². The van der Waals surface area contributed by atoms with Crippen molar-refractivity contribution in [3.63, 3.8) is 0 Å². The van der Waals surface area contributed by atoms with E-state index < -0.39 is 0 Å². The molecule has 0 saturated heterocycles. The van der Waals surface area contributed by atoms with Crippen LogP contribution in [0.2, 0.25) is 0 Å². The molecule has 2 rings (SSSR count). The zero-order valence-corrected chi connectivity index (χ0v) is 7.29. The van der Waals surface area contributed by atoms with Crippen molar-refractivity contribution < 1.29 is 4.52 Å². The third-order valence-electron chi connectivity index (χ3n) is 2.19. The lowest BCUT2D eigenvalue weighted by Crippen LogP contribution is -1.82. The van der Waals surface area contributed by atoms with Crippen LogP contribution >= 0.6 is 0 Å². The molecule has 1 aromatic heterocycles. The smallest absolute Gasteiger partial charge is 0.170 e. The van der Waals surface area contributed by atoms with Gasteiger partial charge in [-0.3, -0.25) is 0 Å². The molecule has 2 nitrogen and oxygen atoms in total. The molecule has 1 aromatic carbocycles. The molecule has 2 aromatic rings. The fourth-order valence-electron chi connectivity index (χ4n) is 1.45. The first-order valence-corrected chi connectivity index (χ1v) is 4.15. The van der Waals surface area contributed by atoms with Gasteiger partial charge in [-0.25, -0.2) is 0 Å². The summed E-state index contributed by atoms with van der Waals surface area (Å²) in [5.74, 6) is 0. The van der Waals surface area contributed by atoms with Gasteiger partial charge in [-0.2, -0.15) is 0 Å². The van der Waals surface area contributed by atoms with Crippen LogP contribution in [-0.2, 0) is 6.42 Å². The van der Waals surface area contributed by atoms with E-state index in [1.54, 1.807) is 6.20 Å². The van der Waals surface area contributed by atoms with Gasteiger partial charge in [0.15, 0.2) is 5.58 Å². The molecule has 0 unspecified atom stereocenters. The highest BCUT2D eigenvalue weighted by atomic mass is 16.5. The van der Waals surface area contributed by atoms with Crippen LogP contribution in [0, 0.1) is 6.92 Å². The lowest BCUT2D eigenvalue weighted by molar-refractivity contribution is 0.455. The minimum absolute atomic E-state index is 0.925. The van der Waals surface area contributed by atoms with Gasteiger partial charge in [0.1, 0.15) is 0 Å². The number of benzene rings is 1. The van der Waals surface area contributed by atoms with Gasteiger partial charge < -0.3 is 4.52 Å². The van der Waals surface area contributed by atoms with E-state index in [-0.39, 0.29) is 0 Å². The van der Waals surface area contributed by atoms with Crippen molar-refractivity contribution in [2.45, 2.75) is 20.3 Å². The third-order valence-corrected chi connectivity index (χ3v) is 2.19. The van der Waals surface area contributed by atoms with Crippen LogP contribution in [0.15, 0.2) is 22.9 Å². The molecule has 0 amide bonds. The van der Waals surface area contributed by atoms with E-state index in [0.29, 0.717) is 0 Å². The van der Waals surface area contributed by atoms with Gasteiger partial charge in [0, 0.05) is 5.39 Å².